The Hall–Kier alpha value is -2.46. The molecule has 2 rings (SSSR count). The van der Waals surface area contributed by atoms with Crippen LogP contribution in [0.15, 0.2) is 54.7 Å². The molecule has 0 saturated carbocycles. The molecule has 0 bridgehead atoms. The van der Waals surface area contributed by atoms with E-state index in [0.29, 0.717) is 5.56 Å². The number of pyridine rings is 1. The lowest BCUT2D eigenvalue weighted by Gasteiger charge is -2.01. The Morgan fingerprint density at radius 3 is 1.91 bits per heavy atom. The highest BCUT2D eigenvalue weighted by atomic mass is 16.3. The summed E-state index contributed by atoms with van der Waals surface area (Å²) in [6.45, 7) is 5.54. The SMILES string of the molecule is CC(=O)c1ccc(-c2ccc(O)cn2)cc1.CC=CC.CNC. The quantitative estimate of drug-likeness (QED) is 0.648. The summed E-state index contributed by atoms with van der Waals surface area (Å²) in [6.07, 6.45) is 5.40. The van der Waals surface area contributed by atoms with Crippen molar-refractivity contribution in [2.75, 3.05) is 14.1 Å². The summed E-state index contributed by atoms with van der Waals surface area (Å²) < 4.78 is 0. The first kappa shape index (κ1) is 20.5. The van der Waals surface area contributed by atoms with E-state index in [1.54, 1.807) is 24.3 Å². The van der Waals surface area contributed by atoms with Gasteiger partial charge in [0.1, 0.15) is 5.75 Å². The number of aromatic nitrogens is 1. The maximum absolute atomic E-state index is 11.1. The molecule has 4 nitrogen and oxygen atoms in total. The number of benzene rings is 1. The molecule has 0 aliphatic carbocycles. The molecule has 1 heterocycles. The second kappa shape index (κ2) is 12.1. The third kappa shape index (κ3) is 8.53. The fourth-order valence-electron chi connectivity index (χ4n) is 1.43. The lowest BCUT2D eigenvalue weighted by atomic mass is 10.1. The van der Waals surface area contributed by atoms with Crippen LogP contribution in [0.2, 0.25) is 0 Å². The molecule has 0 radical (unpaired) electrons. The summed E-state index contributed by atoms with van der Waals surface area (Å²) >= 11 is 0. The largest absolute Gasteiger partial charge is 0.506 e. The van der Waals surface area contributed by atoms with Crippen LogP contribution in [0.5, 0.6) is 5.75 Å². The Bertz CT molecular complexity index is 584. The molecule has 1 aromatic carbocycles. The lowest BCUT2D eigenvalue weighted by molar-refractivity contribution is 0.101. The Morgan fingerprint density at radius 2 is 1.57 bits per heavy atom. The summed E-state index contributed by atoms with van der Waals surface area (Å²) in [6, 6.07) is 10.5. The van der Waals surface area contributed by atoms with Gasteiger partial charge in [0.15, 0.2) is 5.78 Å². The molecule has 124 valence electrons. The molecule has 0 unspecified atom stereocenters. The van der Waals surface area contributed by atoms with Crippen LogP contribution in [0.4, 0.5) is 0 Å². The molecule has 0 amide bonds. The van der Waals surface area contributed by atoms with Gasteiger partial charge >= 0.3 is 0 Å². The standard InChI is InChI=1S/C13H11NO2.C4H8.C2H7N/c1-9(15)10-2-4-11(5-3-10)13-7-6-12(16)8-14-13;1-3-4-2;1-3-2/h2-8,16H,1H3;3-4H,1-2H3;3H,1-2H3. The molecular weight excluding hydrogens is 288 g/mol. The Balaban J connectivity index is 0.000000591. The number of aromatic hydroxyl groups is 1. The normalized spacial score (nSPS) is 9.43. The minimum absolute atomic E-state index is 0.0465. The van der Waals surface area contributed by atoms with Crippen molar-refractivity contribution in [3.8, 4) is 17.0 Å². The molecule has 1 aromatic heterocycles. The van der Waals surface area contributed by atoms with Crippen molar-refractivity contribution in [3.05, 3.63) is 60.3 Å². The number of nitrogens with zero attached hydrogens (tertiary/aromatic N) is 1. The van der Waals surface area contributed by atoms with Crippen molar-refractivity contribution in [1.82, 2.24) is 10.3 Å². The zero-order chi connectivity index (χ0) is 17.7. The van der Waals surface area contributed by atoms with Gasteiger partial charge in [0, 0.05) is 11.1 Å². The predicted molar refractivity (Wildman–Crippen MR) is 96.8 cm³/mol. The number of hydrogen-bond donors (Lipinski definition) is 2. The zero-order valence-corrected chi connectivity index (χ0v) is 14.5. The van der Waals surface area contributed by atoms with E-state index in [1.807, 2.05) is 52.2 Å². The first-order valence-corrected chi connectivity index (χ1v) is 7.42. The Kier molecular flexibility index (Phi) is 10.8. The molecule has 0 aliphatic rings. The van der Waals surface area contributed by atoms with E-state index < -0.39 is 0 Å². The maximum atomic E-state index is 11.1. The average Bonchev–Trinajstić information content (AvgIpc) is 2.56. The maximum Gasteiger partial charge on any atom is 0.159 e. The van der Waals surface area contributed by atoms with Gasteiger partial charge < -0.3 is 10.4 Å². The molecule has 0 atom stereocenters. The third-order valence-corrected chi connectivity index (χ3v) is 2.67. The molecule has 0 aliphatic heterocycles. The van der Waals surface area contributed by atoms with Crippen LogP contribution in [0.3, 0.4) is 0 Å². The minimum Gasteiger partial charge on any atom is -0.506 e. The van der Waals surface area contributed by atoms with Crippen molar-refractivity contribution in [2.45, 2.75) is 20.8 Å². The Morgan fingerprint density at radius 1 is 1.04 bits per heavy atom. The lowest BCUT2D eigenvalue weighted by Crippen LogP contribution is -1.91. The third-order valence-electron chi connectivity index (χ3n) is 2.67. The van der Waals surface area contributed by atoms with E-state index in [9.17, 15) is 4.79 Å². The van der Waals surface area contributed by atoms with Crippen molar-refractivity contribution >= 4 is 5.78 Å². The summed E-state index contributed by atoms with van der Waals surface area (Å²) in [7, 11) is 3.75. The second-order valence-electron chi connectivity index (χ2n) is 4.70. The zero-order valence-electron chi connectivity index (χ0n) is 14.5. The highest BCUT2D eigenvalue weighted by Crippen LogP contribution is 2.19. The number of carbonyl (C=O) groups excluding carboxylic acids is 1. The summed E-state index contributed by atoms with van der Waals surface area (Å²) in [5.41, 5.74) is 2.38. The van der Waals surface area contributed by atoms with Crippen LogP contribution >= 0.6 is 0 Å². The highest BCUT2D eigenvalue weighted by Gasteiger charge is 2.01. The first-order valence-electron chi connectivity index (χ1n) is 7.42. The smallest absolute Gasteiger partial charge is 0.159 e. The number of carbonyl (C=O) groups is 1. The van der Waals surface area contributed by atoms with Crippen LogP contribution in [0.1, 0.15) is 31.1 Å². The van der Waals surface area contributed by atoms with E-state index in [0.717, 1.165) is 11.3 Å². The summed E-state index contributed by atoms with van der Waals surface area (Å²) in [4.78, 5) is 15.2. The van der Waals surface area contributed by atoms with Crippen molar-refractivity contribution in [1.29, 1.82) is 0 Å². The number of rotatable bonds is 2. The molecule has 0 spiro atoms. The van der Waals surface area contributed by atoms with Gasteiger partial charge in [-0.2, -0.15) is 0 Å². The molecule has 23 heavy (non-hydrogen) atoms. The number of allylic oxidation sites excluding steroid dienone is 2. The topological polar surface area (TPSA) is 62.2 Å². The average molecular weight is 314 g/mol. The summed E-state index contributed by atoms with van der Waals surface area (Å²) in [5.74, 6) is 0.189. The summed E-state index contributed by atoms with van der Waals surface area (Å²) in [5, 5.41) is 11.9. The van der Waals surface area contributed by atoms with Gasteiger partial charge in [-0.25, -0.2) is 0 Å². The fourth-order valence-corrected chi connectivity index (χ4v) is 1.43. The van der Waals surface area contributed by atoms with Gasteiger partial charge in [-0.05, 0) is 47.0 Å². The van der Waals surface area contributed by atoms with Crippen LogP contribution in [-0.4, -0.2) is 30.0 Å². The minimum atomic E-state index is 0.0465. The van der Waals surface area contributed by atoms with Gasteiger partial charge in [-0.3, -0.25) is 9.78 Å². The number of Topliss-reactive ketones (excluding diaryl/α,β-unsaturated/α-hetero) is 1. The molecule has 4 heteroatoms. The van der Waals surface area contributed by atoms with Crippen molar-refractivity contribution in [3.63, 3.8) is 0 Å². The van der Waals surface area contributed by atoms with Gasteiger partial charge in [0.25, 0.3) is 0 Å². The number of nitrogens with one attached hydrogen (secondary N) is 1. The molecular formula is C19H26N2O2. The van der Waals surface area contributed by atoms with Crippen LogP contribution in [-0.2, 0) is 0 Å². The predicted octanol–water partition coefficient (Wildman–Crippen LogP) is 4.07. The first-order chi connectivity index (χ1) is 11.0. The van der Waals surface area contributed by atoms with Crippen LogP contribution < -0.4 is 5.32 Å². The van der Waals surface area contributed by atoms with E-state index in [2.05, 4.69) is 10.3 Å². The van der Waals surface area contributed by atoms with Crippen molar-refractivity contribution in [2.24, 2.45) is 0 Å². The highest BCUT2D eigenvalue weighted by molar-refractivity contribution is 5.94. The van der Waals surface area contributed by atoms with Gasteiger partial charge in [-0.1, -0.05) is 36.4 Å². The Labute approximate surface area is 138 Å². The molecule has 0 saturated heterocycles. The van der Waals surface area contributed by atoms with E-state index >= 15 is 0 Å². The molecule has 2 N–H and O–H groups in total. The van der Waals surface area contributed by atoms with Gasteiger partial charge in [-0.15, -0.1) is 0 Å². The fraction of sp³-hybridized carbons (Fsp3) is 0.263. The van der Waals surface area contributed by atoms with E-state index in [-0.39, 0.29) is 11.5 Å². The molecule has 0 fully saturated rings. The van der Waals surface area contributed by atoms with Crippen LogP contribution in [0.25, 0.3) is 11.3 Å². The second-order valence-corrected chi connectivity index (χ2v) is 4.70. The van der Waals surface area contributed by atoms with Crippen molar-refractivity contribution < 1.29 is 9.90 Å². The van der Waals surface area contributed by atoms with Crippen LogP contribution in [0, 0.1) is 0 Å². The van der Waals surface area contributed by atoms with E-state index in [4.69, 9.17) is 5.11 Å². The number of ketones is 1. The monoisotopic (exact) mass is 314 g/mol. The van der Waals surface area contributed by atoms with Gasteiger partial charge in [0.05, 0.1) is 11.9 Å². The van der Waals surface area contributed by atoms with Gasteiger partial charge in [0.2, 0.25) is 0 Å². The van der Waals surface area contributed by atoms with E-state index in [1.165, 1.54) is 13.1 Å². The molecule has 2 aromatic rings. The number of hydrogen-bond acceptors (Lipinski definition) is 4.